The molecule has 4 aliphatic rings. The lowest BCUT2D eigenvalue weighted by molar-refractivity contribution is -0.158. The molecule has 1 unspecified atom stereocenters. The zero-order chi connectivity index (χ0) is 18.7. The minimum atomic E-state index is -0.353. The van der Waals surface area contributed by atoms with Gasteiger partial charge < -0.3 is 4.74 Å². The van der Waals surface area contributed by atoms with Crippen molar-refractivity contribution in [2.45, 2.75) is 62.4 Å². The van der Waals surface area contributed by atoms with Crippen LogP contribution in [0.1, 0.15) is 58.8 Å². The van der Waals surface area contributed by atoms with E-state index in [1.807, 2.05) is 12.2 Å². The molecular formula is C22H29IO3. The number of ketones is 1. The van der Waals surface area contributed by atoms with Gasteiger partial charge in [0.25, 0.3) is 0 Å². The van der Waals surface area contributed by atoms with Crippen LogP contribution in [0.25, 0.3) is 0 Å². The molecule has 0 aromatic carbocycles. The smallest absolute Gasteiger partial charge is 0.303 e. The molecule has 0 aromatic heterocycles. The Balaban J connectivity index is 1.61. The summed E-state index contributed by atoms with van der Waals surface area (Å²) in [4.78, 5) is 24.0. The van der Waals surface area contributed by atoms with Crippen molar-refractivity contribution in [2.24, 2.45) is 35.0 Å². The molecule has 0 bridgehead atoms. The van der Waals surface area contributed by atoms with Crippen molar-refractivity contribution in [3.8, 4) is 0 Å². The van der Waals surface area contributed by atoms with Gasteiger partial charge >= 0.3 is 5.97 Å². The molecule has 4 rings (SSSR count). The Morgan fingerprint density at radius 2 is 2.08 bits per heavy atom. The molecule has 7 atom stereocenters. The maximum atomic E-state index is 12.3. The van der Waals surface area contributed by atoms with E-state index in [2.05, 4.69) is 36.1 Å². The van der Waals surface area contributed by atoms with E-state index < -0.39 is 0 Å². The summed E-state index contributed by atoms with van der Waals surface area (Å²) in [7, 11) is 0. The number of ether oxygens (including phenoxy) is 1. The Hall–Kier alpha value is -0.650. The number of hydrogen-bond acceptors (Lipinski definition) is 3. The maximum Gasteiger partial charge on any atom is 0.303 e. The Labute approximate surface area is 170 Å². The topological polar surface area (TPSA) is 43.4 Å². The quantitative estimate of drug-likeness (QED) is 0.241. The number of carbonyl (C=O) groups is 2. The van der Waals surface area contributed by atoms with E-state index in [0.29, 0.717) is 23.7 Å². The van der Waals surface area contributed by atoms with Gasteiger partial charge in [0.1, 0.15) is 0 Å². The van der Waals surface area contributed by atoms with Crippen molar-refractivity contribution in [2.75, 3.05) is 0 Å². The molecule has 4 aliphatic carbocycles. The van der Waals surface area contributed by atoms with Gasteiger partial charge in [0, 0.05) is 18.3 Å². The van der Waals surface area contributed by atoms with Gasteiger partial charge in [0.2, 0.25) is 0 Å². The summed E-state index contributed by atoms with van der Waals surface area (Å²) in [5.41, 5.74) is 1.47. The van der Waals surface area contributed by atoms with Gasteiger partial charge in [-0.25, -0.2) is 0 Å². The number of rotatable bonds is 2. The van der Waals surface area contributed by atoms with E-state index in [9.17, 15) is 9.59 Å². The Morgan fingerprint density at radius 1 is 1.31 bits per heavy atom. The summed E-state index contributed by atoms with van der Waals surface area (Å²) in [6.07, 6.45) is 11.4. The van der Waals surface area contributed by atoms with Crippen LogP contribution in [0.5, 0.6) is 0 Å². The van der Waals surface area contributed by atoms with Gasteiger partial charge in [-0.05, 0) is 97.3 Å². The van der Waals surface area contributed by atoms with Crippen LogP contribution in [0.2, 0.25) is 0 Å². The van der Waals surface area contributed by atoms with Crippen LogP contribution in [-0.2, 0) is 14.3 Å². The van der Waals surface area contributed by atoms with Crippen LogP contribution < -0.4 is 0 Å². The number of alkyl halides is 1. The van der Waals surface area contributed by atoms with Gasteiger partial charge in [0.15, 0.2) is 9.39 Å². The fraction of sp³-hybridized carbons (Fsp3) is 0.727. The van der Waals surface area contributed by atoms with E-state index in [0.717, 1.165) is 32.1 Å². The molecule has 0 aliphatic heterocycles. The van der Waals surface area contributed by atoms with E-state index >= 15 is 0 Å². The first-order valence-corrected chi connectivity index (χ1v) is 11.1. The van der Waals surface area contributed by atoms with Crippen LogP contribution in [0, 0.1) is 35.0 Å². The second-order valence-electron chi connectivity index (χ2n) is 9.10. The van der Waals surface area contributed by atoms with E-state index in [-0.39, 0.29) is 26.7 Å². The van der Waals surface area contributed by atoms with Gasteiger partial charge in [-0.2, -0.15) is 0 Å². The normalized spacial score (nSPS) is 47.3. The van der Waals surface area contributed by atoms with E-state index in [4.69, 9.17) is 4.74 Å². The monoisotopic (exact) mass is 468 g/mol. The van der Waals surface area contributed by atoms with Gasteiger partial charge in [0.05, 0.1) is 0 Å². The van der Waals surface area contributed by atoms with Crippen molar-refractivity contribution in [3.63, 3.8) is 0 Å². The lowest BCUT2D eigenvalue weighted by atomic mass is 9.51. The molecular weight excluding hydrogens is 439 g/mol. The highest BCUT2D eigenvalue weighted by atomic mass is 127. The summed E-state index contributed by atoms with van der Waals surface area (Å²) in [5.74, 6) is 2.66. The number of allylic oxidation sites excluding steroid dienone is 2. The molecule has 4 heteroatoms. The molecule has 0 spiro atoms. The molecule has 0 amide bonds. The lowest BCUT2D eigenvalue weighted by Crippen LogP contribution is -2.51. The predicted octanol–water partition coefficient (Wildman–Crippen LogP) is 5.23. The zero-order valence-electron chi connectivity index (χ0n) is 15.8. The van der Waals surface area contributed by atoms with Gasteiger partial charge in [-0.1, -0.05) is 18.6 Å². The predicted molar refractivity (Wildman–Crippen MR) is 110 cm³/mol. The first-order chi connectivity index (χ1) is 12.3. The minimum absolute atomic E-state index is 0.00380. The van der Waals surface area contributed by atoms with Crippen molar-refractivity contribution in [1.82, 2.24) is 0 Å². The summed E-state index contributed by atoms with van der Waals surface area (Å²) < 4.78 is 5.53. The average molecular weight is 468 g/mol. The van der Waals surface area contributed by atoms with Crippen molar-refractivity contribution < 1.29 is 14.3 Å². The fourth-order valence-electron chi connectivity index (χ4n) is 6.76. The van der Waals surface area contributed by atoms with E-state index in [1.165, 1.54) is 25.3 Å². The third kappa shape index (κ3) is 2.65. The summed E-state index contributed by atoms with van der Waals surface area (Å²) in [6, 6.07) is 0. The standard InChI is InChI=1S/C22H29IO3/c1-4-14-11-18-15(12-20(14)25)5-6-17-16(18)7-9-21(3)19(17)8-10-22(21,23)26-13(2)24/h4,12,14,16-19H,1,5-11H2,2-3H3/t14?,16-,17+,18-,19-,21-,22-/m0/s1. The van der Waals surface area contributed by atoms with Crippen molar-refractivity contribution in [1.29, 1.82) is 0 Å². The number of halogens is 1. The molecule has 3 fully saturated rings. The number of fused-ring (bicyclic) bond motifs is 5. The average Bonchev–Trinajstić information content (AvgIpc) is 2.84. The highest BCUT2D eigenvalue weighted by Crippen LogP contribution is 2.67. The maximum absolute atomic E-state index is 12.3. The second kappa shape index (κ2) is 6.46. The second-order valence-corrected chi connectivity index (χ2v) is 10.8. The lowest BCUT2D eigenvalue weighted by Gasteiger charge is -2.55. The molecule has 3 saturated carbocycles. The van der Waals surface area contributed by atoms with Crippen LogP contribution in [0.4, 0.5) is 0 Å². The summed E-state index contributed by atoms with van der Waals surface area (Å²) >= 11 is 2.43. The minimum Gasteiger partial charge on any atom is -0.448 e. The Bertz CT molecular complexity index is 683. The highest BCUT2D eigenvalue weighted by Gasteiger charge is 2.63. The largest absolute Gasteiger partial charge is 0.448 e. The molecule has 3 nitrogen and oxygen atoms in total. The third-order valence-corrected chi connectivity index (χ3v) is 10.1. The number of esters is 1. The van der Waals surface area contributed by atoms with Crippen molar-refractivity contribution in [3.05, 3.63) is 24.3 Å². The highest BCUT2D eigenvalue weighted by molar-refractivity contribution is 14.1. The van der Waals surface area contributed by atoms with Crippen molar-refractivity contribution >= 4 is 34.3 Å². The SMILES string of the molecule is C=CC1C[C@H]2C(=CC1=O)CC[C@@H]1[C@@H]2CC[C@@]2(C)[C@H]1CC[C@]2(I)OC(C)=O. The molecule has 26 heavy (non-hydrogen) atoms. The molecule has 0 heterocycles. The van der Waals surface area contributed by atoms with Crippen LogP contribution in [0.3, 0.4) is 0 Å². The number of carbonyl (C=O) groups excluding carboxylic acids is 2. The molecule has 142 valence electrons. The van der Waals surface area contributed by atoms with Crippen LogP contribution in [0.15, 0.2) is 24.3 Å². The Morgan fingerprint density at radius 3 is 2.77 bits per heavy atom. The first-order valence-electron chi connectivity index (χ1n) is 10.0. The molecule has 0 radical (unpaired) electrons. The zero-order valence-corrected chi connectivity index (χ0v) is 18.0. The fourth-order valence-corrected chi connectivity index (χ4v) is 8.05. The van der Waals surface area contributed by atoms with E-state index in [1.54, 1.807) is 0 Å². The Kier molecular flexibility index (Phi) is 4.64. The first kappa shape index (κ1) is 18.7. The molecule has 0 saturated heterocycles. The summed E-state index contributed by atoms with van der Waals surface area (Å²) in [5, 5.41) is 0. The van der Waals surface area contributed by atoms with Crippen LogP contribution >= 0.6 is 22.6 Å². The van der Waals surface area contributed by atoms with Crippen LogP contribution in [-0.4, -0.2) is 15.4 Å². The molecule has 0 aromatic rings. The summed E-state index contributed by atoms with van der Waals surface area (Å²) in [6.45, 7) is 7.78. The van der Waals surface area contributed by atoms with Gasteiger partial charge in [-0.15, -0.1) is 6.58 Å². The molecule has 0 N–H and O–H groups in total. The van der Waals surface area contributed by atoms with Gasteiger partial charge in [-0.3, -0.25) is 9.59 Å². The third-order valence-electron chi connectivity index (χ3n) is 8.06. The number of hydrogen-bond donors (Lipinski definition) is 0.